The number of rotatable bonds is 5. The molecule has 1 aliphatic rings. The van der Waals surface area contributed by atoms with Gasteiger partial charge in [-0.3, -0.25) is 9.59 Å². The molecule has 0 aromatic heterocycles. The lowest BCUT2D eigenvalue weighted by Crippen LogP contribution is -2.36. The number of hydrogen-bond acceptors (Lipinski definition) is 3. The fourth-order valence-corrected chi connectivity index (χ4v) is 2.82. The number of nitrogens with two attached hydrogens (primary N) is 1. The van der Waals surface area contributed by atoms with Crippen LogP contribution >= 0.6 is 0 Å². The molecule has 0 bridgehead atoms. The summed E-state index contributed by atoms with van der Waals surface area (Å²) in [6.45, 7) is 2.22. The summed E-state index contributed by atoms with van der Waals surface area (Å²) >= 11 is 0. The summed E-state index contributed by atoms with van der Waals surface area (Å²) in [5, 5.41) is 6.35. The summed E-state index contributed by atoms with van der Waals surface area (Å²) in [6, 6.07) is 8.19. The van der Waals surface area contributed by atoms with Crippen molar-refractivity contribution in [1.82, 2.24) is 5.32 Å². The van der Waals surface area contributed by atoms with Crippen molar-refractivity contribution in [3.8, 4) is 0 Å². The molecule has 2 rings (SSSR count). The molecule has 1 saturated carbocycles. The van der Waals surface area contributed by atoms with Crippen molar-refractivity contribution in [2.75, 3.05) is 5.32 Å². The molecule has 114 valence electrons. The zero-order valence-corrected chi connectivity index (χ0v) is 12.4. The maximum Gasteiger partial charge on any atom is 0.221 e. The second-order valence-corrected chi connectivity index (χ2v) is 5.67. The van der Waals surface area contributed by atoms with Crippen LogP contribution in [0.2, 0.25) is 0 Å². The second-order valence-electron chi connectivity index (χ2n) is 5.67. The number of primary amides is 1. The Hall–Kier alpha value is -1.88. The van der Waals surface area contributed by atoms with Crippen molar-refractivity contribution in [2.45, 2.75) is 45.2 Å². The van der Waals surface area contributed by atoms with Crippen LogP contribution in [-0.4, -0.2) is 17.9 Å². The molecule has 21 heavy (non-hydrogen) atoms. The summed E-state index contributed by atoms with van der Waals surface area (Å²) in [7, 11) is 0. The molecule has 5 heteroatoms. The molecule has 0 atom stereocenters. The minimum absolute atomic E-state index is 0.0368. The normalized spacial score (nSPS) is 21.8. The Labute approximate surface area is 125 Å². The number of anilines is 1. The monoisotopic (exact) mass is 289 g/mol. The molecule has 1 aromatic rings. The lowest BCUT2D eigenvalue weighted by molar-refractivity contribution is -0.122. The highest BCUT2D eigenvalue weighted by atomic mass is 16.1. The van der Waals surface area contributed by atoms with E-state index >= 15 is 0 Å². The highest BCUT2D eigenvalue weighted by Gasteiger charge is 2.24. The van der Waals surface area contributed by atoms with Gasteiger partial charge in [0.2, 0.25) is 11.8 Å². The summed E-state index contributed by atoms with van der Waals surface area (Å²) in [6.07, 6.45) is 3.66. The highest BCUT2D eigenvalue weighted by molar-refractivity contribution is 5.89. The minimum atomic E-state index is -0.176. The van der Waals surface area contributed by atoms with Crippen molar-refractivity contribution >= 4 is 17.5 Å². The Balaban J connectivity index is 1.86. The van der Waals surface area contributed by atoms with E-state index in [9.17, 15) is 9.59 Å². The lowest BCUT2D eigenvalue weighted by Gasteiger charge is -2.27. The van der Waals surface area contributed by atoms with Crippen molar-refractivity contribution in [3.05, 3.63) is 29.8 Å². The van der Waals surface area contributed by atoms with Crippen LogP contribution in [0, 0.1) is 5.92 Å². The van der Waals surface area contributed by atoms with Crippen LogP contribution in [0.5, 0.6) is 0 Å². The molecule has 1 aliphatic carbocycles. The molecule has 0 aliphatic heterocycles. The molecule has 0 unspecified atom stereocenters. The van der Waals surface area contributed by atoms with Crippen LogP contribution < -0.4 is 16.4 Å². The average Bonchev–Trinajstić information content (AvgIpc) is 2.46. The molecule has 4 N–H and O–H groups in total. The van der Waals surface area contributed by atoms with Crippen LogP contribution in [-0.2, 0) is 16.1 Å². The van der Waals surface area contributed by atoms with Crippen LogP contribution in [0.15, 0.2) is 24.3 Å². The third kappa shape index (κ3) is 4.56. The lowest BCUT2D eigenvalue weighted by atomic mass is 9.85. The predicted octanol–water partition coefficient (Wildman–Crippen LogP) is 1.78. The fourth-order valence-electron chi connectivity index (χ4n) is 2.82. The van der Waals surface area contributed by atoms with Gasteiger partial charge in [-0.2, -0.15) is 0 Å². The van der Waals surface area contributed by atoms with E-state index in [0.29, 0.717) is 12.6 Å². The van der Waals surface area contributed by atoms with Gasteiger partial charge in [0.1, 0.15) is 0 Å². The Morgan fingerprint density at radius 1 is 1.19 bits per heavy atom. The van der Waals surface area contributed by atoms with Gasteiger partial charge in [-0.1, -0.05) is 18.2 Å². The molecule has 2 amide bonds. The highest BCUT2D eigenvalue weighted by Crippen LogP contribution is 2.24. The first-order chi connectivity index (χ1) is 10.1. The number of carbonyl (C=O) groups is 2. The molecule has 0 heterocycles. The maximum absolute atomic E-state index is 11.2. The molecule has 0 spiro atoms. The average molecular weight is 289 g/mol. The van der Waals surface area contributed by atoms with Crippen LogP contribution in [0.1, 0.15) is 38.2 Å². The topological polar surface area (TPSA) is 84.2 Å². The number of nitrogens with one attached hydrogen (secondary N) is 2. The van der Waals surface area contributed by atoms with Gasteiger partial charge in [0.05, 0.1) is 0 Å². The maximum atomic E-state index is 11.2. The van der Waals surface area contributed by atoms with Gasteiger partial charge in [-0.15, -0.1) is 0 Å². The van der Waals surface area contributed by atoms with E-state index < -0.39 is 0 Å². The second kappa shape index (κ2) is 7.22. The van der Waals surface area contributed by atoms with Gasteiger partial charge < -0.3 is 16.4 Å². The van der Waals surface area contributed by atoms with Gasteiger partial charge in [-0.05, 0) is 37.3 Å². The van der Waals surface area contributed by atoms with E-state index in [4.69, 9.17) is 5.73 Å². The van der Waals surface area contributed by atoms with Crippen LogP contribution in [0.3, 0.4) is 0 Å². The Bertz CT molecular complexity index is 508. The first kappa shape index (κ1) is 15.5. The van der Waals surface area contributed by atoms with Gasteiger partial charge >= 0.3 is 0 Å². The summed E-state index contributed by atoms with van der Waals surface area (Å²) in [5.74, 6) is -0.205. The first-order valence-electron chi connectivity index (χ1n) is 7.44. The van der Waals surface area contributed by atoms with Crippen LogP contribution in [0.25, 0.3) is 0 Å². The van der Waals surface area contributed by atoms with Crippen molar-refractivity contribution in [3.63, 3.8) is 0 Å². The standard InChI is InChI=1S/C16H23N3O2/c1-11(20)19-15-5-3-2-4-13(15)10-18-14-8-6-12(7-9-14)16(17)21/h2-5,12,14,18H,6-10H2,1H3,(H2,17,21)(H,19,20). The quantitative estimate of drug-likeness (QED) is 0.772. The van der Waals surface area contributed by atoms with Crippen molar-refractivity contribution in [1.29, 1.82) is 0 Å². The SMILES string of the molecule is CC(=O)Nc1ccccc1CNC1CCC(C(N)=O)CC1. The summed E-state index contributed by atoms with van der Waals surface area (Å²) in [4.78, 5) is 22.3. The van der Waals surface area contributed by atoms with Crippen molar-refractivity contribution < 1.29 is 9.59 Å². The molecule has 1 aromatic carbocycles. The summed E-state index contributed by atoms with van der Waals surface area (Å²) in [5.41, 5.74) is 7.27. The van der Waals surface area contributed by atoms with Gasteiger partial charge in [0.25, 0.3) is 0 Å². The minimum Gasteiger partial charge on any atom is -0.369 e. The zero-order valence-electron chi connectivity index (χ0n) is 12.4. The molecule has 1 fully saturated rings. The van der Waals surface area contributed by atoms with Gasteiger partial charge in [-0.25, -0.2) is 0 Å². The van der Waals surface area contributed by atoms with E-state index in [1.807, 2.05) is 24.3 Å². The van der Waals surface area contributed by atoms with Crippen LogP contribution in [0.4, 0.5) is 5.69 Å². The smallest absolute Gasteiger partial charge is 0.221 e. The molecular weight excluding hydrogens is 266 g/mol. The number of para-hydroxylation sites is 1. The van der Waals surface area contributed by atoms with E-state index in [1.165, 1.54) is 6.92 Å². The predicted molar refractivity (Wildman–Crippen MR) is 82.5 cm³/mol. The van der Waals surface area contributed by atoms with Crippen molar-refractivity contribution in [2.24, 2.45) is 11.7 Å². The number of carbonyl (C=O) groups excluding carboxylic acids is 2. The zero-order chi connectivity index (χ0) is 15.2. The number of amides is 2. The third-order valence-corrected chi connectivity index (χ3v) is 4.04. The largest absolute Gasteiger partial charge is 0.369 e. The summed E-state index contributed by atoms with van der Waals surface area (Å²) < 4.78 is 0. The Morgan fingerprint density at radius 2 is 1.86 bits per heavy atom. The molecule has 0 radical (unpaired) electrons. The van der Waals surface area contributed by atoms with E-state index in [2.05, 4.69) is 10.6 Å². The molecule has 0 saturated heterocycles. The van der Waals surface area contributed by atoms with E-state index in [0.717, 1.165) is 36.9 Å². The van der Waals surface area contributed by atoms with E-state index in [1.54, 1.807) is 0 Å². The third-order valence-electron chi connectivity index (χ3n) is 4.04. The molecule has 5 nitrogen and oxygen atoms in total. The van der Waals surface area contributed by atoms with Gasteiger partial charge in [0, 0.05) is 31.1 Å². The van der Waals surface area contributed by atoms with E-state index in [-0.39, 0.29) is 17.7 Å². The Kier molecular flexibility index (Phi) is 5.33. The first-order valence-corrected chi connectivity index (χ1v) is 7.44. The number of hydrogen-bond donors (Lipinski definition) is 3. The number of benzene rings is 1. The Morgan fingerprint density at radius 3 is 2.48 bits per heavy atom. The van der Waals surface area contributed by atoms with Gasteiger partial charge in [0.15, 0.2) is 0 Å². The molecular formula is C16H23N3O2. The fraction of sp³-hybridized carbons (Fsp3) is 0.500.